The number of nitrogens with one attached hydrogen (secondary N) is 1. The fourth-order valence-electron chi connectivity index (χ4n) is 6.71. The monoisotopic (exact) mass is 602 g/mol. The second kappa shape index (κ2) is 11.5. The molecule has 2 bridgehead atoms. The molecule has 6 heterocycles. The summed E-state index contributed by atoms with van der Waals surface area (Å²) < 4.78 is 14.6. The number of benzene rings is 1. The Morgan fingerprint density at radius 2 is 1.84 bits per heavy atom. The number of hydrogen-bond donors (Lipinski definition) is 1. The summed E-state index contributed by atoms with van der Waals surface area (Å²) in [7, 11) is 0. The van der Waals surface area contributed by atoms with Crippen LogP contribution in [-0.4, -0.2) is 71.3 Å². The van der Waals surface area contributed by atoms with Crippen molar-refractivity contribution in [3.8, 4) is 22.4 Å². The summed E-state index contributed by atoms with van der Waals surface area (Å²) in [6, 6.07) is 4.64. The lowest BCUT2D eigenvalue weighted by Crippen LogP contribution is -2.58. The molecule has 1 aromatic carbocycles. The summed E-state index contributed by atoms with van der Waals surface area (Å²) in [5, 5.41) is 17.1. The predicted molar refractivity (Wildman–Crippen MR) is 165 cm³/mol. The van der Waals surface area contributed by atoms with Crippen molar-refractivity contribution in [2.75, 3.05) is 11.9 Å². The molecule has 3 aliphatic heterocycles. The number of ether oxygens (including phenoxy) is 2. The number of nitrogens with zero attached hydrogens (tertiary/aromatic N) is 7. The molecule has 7 rings (SSSR count). The van der Waals surface area contributed by atoms with E-state index >= 15 is 0 Å². The van der Waals surface area contributed by atoms with Gasteiger partial charge in [0.05, 0.1) is 28.1 Å². The van der Waals surface area contributed by atoms with E-state index in [2.05, 4.69) is 43.9 Å². The van der Waals surface area contributed by atoms with Gasteiger partial charge in [-0.2, -0.15) is 5.10 Å². The number of thiazole rings is 1. The Morgan fingerprint density at radius 1 is 1.02 bits per heavy atom. The Labute approximate surface area is 255 Å². The van der Waals surface area contributed by atoms with Gasteiger partial charge < -0.3 is 19.7 Å². The minimum Gasteiger partial charge on any atom is -0.444 e. The zero-order valence-corrected chi connectivity index (χ0v) is 25.7. The lowest BCUT2D eigenvalue weighted by atomic mass is 9.82. The second-order valence-electron chi connectivity index (χ2n) is 12.8. The Morgan fingerprint density at radius 3 is 2.56 bits per heavy atom. The van der Waals surface area contributed by atoms with Gasteiger partial charge in [0.2, 0.25) is 5.95 Å². The molecule has 4 atom stereocenters. The van der Waals surface area contributed by atoms with Crippen LogP contribution in [0.25, 0.3) is 32.6 Å². The average Bonchev–Trinajstić information content (AvgIpc) is 3.67. The van der Waals surface area contributed by atoms with Crippen LogP contribution in [0.5, 0.6) is 0 Å². The Balaban J connectivity index is 1.05. The van der Waals surface area contributed by atoms with E-state index in [0.29, 0.717) is 11.6 Å². The molecule has 0 aliphatic carbocycles. The second-order valence-corrected chi connectivity index (χ2v) is 13.7. The van der Waals surface area contributed by atoms with E-state index < -0.39 is 5.60 Å². The third-order valence-electron chi connectivity index (χ3n) is 8.60. The molecular weight excluding hydrogens is 564 g/mol. The highest BCUT2D eigenvalue weighted by atomic mass is 32.1. The number of aromatic nitrogens is 6. The van der Waals surface area contributed by atoms with E-state index in [4.69, 9.17) is 14.5 Å². The molecule has 4 aromatic rings. The van der Waals surface area contributed by atoms with E-state index in [1.54, 1.807) is 17.5 Å². The quantitative estimate of drug-likeness (QED) is 0.275. The summed E-state index contributed by atoms with van der Waals surface area (Å²) in [5.41, 5.74) is 5.99. The van der Waals surface area contributed by atoms with Gasteiger partial charge in [-0.05, 0) is 72.1 Å². The van der Waals surface area contributed by atoms with Crippen molar-refractivity contribution in [3.05, 3.63) is 36.2 Å². The number of carbonyl (C=O) groups excluding carboxylic acids is 1. The lowest BCUT2D eigenvalue weighted by molar-refractivity contribution is -0.0394. The highest BCUT2D eigenvalue weighted by Crippen LogP contribution is 2.38. The fraction of sp³-hybridized carbons (Fsp3) is 0.548. The van der Waals surface area contributed by atoms with Gasteiger partial charge in [0.15, 0.2) is 0 Å². The third kappa shape index (κ3) is 5.82. The third-order valence-corrected chi connectivity index (χ3v) is 9.46. The van der Waals surface area contributed by atoms with E-state index in [1.807, 2.05) is 42.1 Å². The van der Waals surface area contributed by atoms with Gasteiger partial charge in [-0.1, -0.05) is 12.1 Å². The normalized spacial score (nSPS) is 24.2. The molecule has 3 saturated heterocycles. The average molecular weight is 603 g/mol. The number of anilines is 1. The van der Waals surface area contributed by atoms with Crippen molar-refractivity contribution < 1.29 is 14.3 Å². The van der Waals surface area contributed by atoms with Crippen LogP contribution < -0.4 is 5.32 Å². The zero-order valence-electron chi connectivity index (χ0n) is 24.9. The molecule has 3 aliphatic rings. The molecule has 1 amide bonds. The number of hydrogen-bond acceptors (Lipinski definition) is 10. The molecule has 3 fully saturated rings. The minimum atomic E-state index is -0.500. The van der Waals surface area contributed by atoms with E-state index in [-0.39, 0.29) is 30.4 Å². The van der Waals surface area contributed by atoms with Gasteiger partial charge in [-0.25, -0.2) is 19.4 Å². The smallest absolute Gasteiger partial charge is 0.410 e. The maximum absolute atomic E-state index is 12.9. The van der Waals surface area contributed by atoms with Gasteiger partial charge in [0.1, 0.15) is 17.5 Å². The first kappa shape index (κ1) is 28.1. The molecule has 2 unspecified atom stereocenters. The van der Waals surface area contributed by atoms with E-state index in [1.165, 1.54) is 0 Å². The van der Waals surface area contributed by atoms with Crippen molar-refractivity contribution in [3.63, 3.8) is 0 Å². The fourth-order valence-corrected chi connectivity index (χ4v) is 7.55. The molecule has 1 N–H and O–H groups in total. The van der Waals surface area contributed by atoms with Crippen molar-refractivity contribution in [2.45, 2.75) is 102 Å². The summed E-state index contributed by atoms with van der Waals surface area (Å²) >= 11 is 1.58. The van der Waals surface area contributed by atoms with Crippen LogP contribution in [0.1, 0.15) is 78.4 Å². The number of rotatable bonds is 5. The van der Waals surface area contributed by atoms with Crippen LogP contribution in [-0.2, 0) is 9.47 Å². The Bertz CT molecular complexity index is 1580. The maximum Gasteiger partial charge on any atom is 0.410 e. The Hall–Kier alpha value is -3.64. The SMILES string of the molecule is CC(C)(C)OC(=O)N1[C@@H]2CCC[C@H]1CC(Nc1ncc(-c3ccc(-c4cnn(C5CCCCO5)c4)c4ncsc34)nn1)C2. The summed E-state index contributed by atoms with van der Waals surface area (Å²) in [6.45, 7) is 6.53. The maximum atomic E-state index is 12.9. The van der Waals surface area contributed by atoms with Crippen molar-refractivity contribution in [1.82, 2.24) is 34.8 Å². The molecule has 11 nitrogen and oxygen atoms in total. The largest absolute Gasteiger partial charge is 0.444 e. The molecule has 0 saturated carbocycles. The van der Waals surface area contributed by atoms with Gasteiger partial charge >= 0.3 is 6.09 Å². The minimum absolute atomic E-state index is 0.00158. The lowest BCUT2D eigenvalue weighted by Gasteiger charge is -2.48. The summed E-state index contributed by atoms with van der Waals surface area (Å²) in [4.78, 5) is 24.3. The van der Waals surface area contributed by atoms with Crippen LogP contribution in [0, 0.1) is 0 Å². The van der Waals surface area contributed by atoms with Crippen LogP contribution in [0.15, 0.2) is 36.2 Å². The molecule has 0 spiro atoms. The van der Waals surface area contributed by atoms with Crippen molar-refractivity contribution in [2.24, 2.45) is 0 Å². The van der Waals surface area contributed by atoms with Crippen molar-refractivity contribution in [1.29, 1.82) is 0 Å². The van der Waals surface area contributed by atoms with E-state index in [9.17, 15) is 4.79 Å². The molecule has 12 heteroatoms. The molecule has 226 valence electrons. The number of fused-ring (bicyclic) bond motifs is 3. The van der Waals surface area contributed by atoms with Gasteiger partial charge in [0.25, 0.3) is 0 Å². The number of piperidine rings is 2. The van der Waals surface area contributed by atoms with Crippen LogP contribution >= 0.6 is 11.3 Å². The van der Waals surface area contributed by atoms with Gasteiger partial charge in [0, 0.05) is 47.6 Å². The topological polar surface area (TPSA) is 120 Å². The van der Waals surface area contributed by atoms with E-state index in [0.717, 1.165) is 84.9 Å². The first-order chi connectivity index (χ1) is 20.8. The molecule has 43 heavy (non-hydrogen) atoms. The first-order valence-electron chi connectivity index (χ1n) is 15.3. The van der Waals surface area contributed by atoms with Gasteiger partial charge in [-0.15, -0.1) is 21.5 Å². The summed E-state index contributed by atoms with van der Waals surface area (Å²) in [6.07, 6.45) is 13.6. The van der Waals surface area contributed by atoms with Crippen LogP contribution in [0.4, 0.5) is 10.7 Å². The zero-order chi connectivity index (χ0) is 29.6. The predicted octanol–water partition coefficient (Wildman–Crippen LogP) is 6.44. The van der Waals surface area contributed by atoms with Gasteiger partial charge in [-0.3, -0.25) is 0 Å². The first-order valence-corrected chi connectivity index (χ1v) is 16.2. The molecule has 3 aromatic heterocycles. The van der Waals surface area contributed by atoms with Crippen molar-refractivity contribution >= 4 is 33.6 Å². The number of amides is 1. The Kier molecular flexibility index (Phi) is 7.50. The molecule has 0 radical (unpaired) electrons. The van der Waals surface area contributed by atoms with Crippen LogP contribution in [0.3, 0.4) is 0 Å². The standard InChI is InChI=1S/C31H38N8O3S/c1-31(2,3)42-30(40)39-21-7-6-8-22(39)14-20(13-21)35-29-32-16-25(36-37-29)24-11-10-23(27-28(24)43-18-33-27)19-15-34-38(17-19)26-9-4-5-12-41-26/h10-11,15-18,20-22,26H,4-9,12-14H2,1-3H3,(H,32,35,37)/t20?,21-,22+,26?. The number of carbonyl (C=O) groups is 1. The molecular formula is C31H38N8O3S. The van der Waals surface area contributed by atoms with Crippen LogP contribution in [0.2, 0.25) is 0 Å². The summed E-state index contributed by atoms with van der Waals surface area (Å²) in [5.74, 6) is 0.507. The highest BCUT2D eigenvalue weighted by Gasteiger charge is 2.42. The highest BCUT2D eigenvalue weighted by molar-refractivity contribution is 7.17.